The lowest BCUT2D eigenvalue weighted by Gasteiger charge is -2.14. The lowest BCUT2D eigenvalue weighted by Crippen LogP contribution is -2.17. The molecule has 0 spiro atoms. The van der Waals surface area contributed by atoms with Crippen LogP contribution in [-0.2, 0) is 16.6 Å². The third-order valence-electron chi connectivity index (χ3n) is 6.43. The quantitative estimate of drug-likeness (QED) is 0.313. The minimum Gasteiger partial charge on any atom is -0.497 e. The second-order valence-electron chi connectivity index (χ2n) is 8.77. The monoisotopic (exact) mass is 519 g/mol. The number of para-hydroxylation sites is 2. The normalized spacial score (nSPS) is 11.6. The van der Waals surface area contributed by atoms with Crippen LogP contribution in [0, 0.1) is 11.3 Å². The molecule has 186 valence electrons. The zero-order valence-corrected chi connectivity index (χ0v) is 21.1. The van der Waals surface area contributed by atoms with Crippen LogP contribution >= 0.6 is 0 Å². The summed E-state index contributed by atoms with van der Waals surface area (Å²) >= 11 is 0. The number of nitrogens with zero attached hydrogens (tertiary/aromatic N) is 4. The topological polar surface area (TPSA) is 110 Å². The number of nitriles is 1. The first-order valence-electron chi connectivity index (χ1n) is 11.8. The van der Waals surface area contributed by atoms with Crippen LogP contribution in [0.15, 0.2) is 95.9 Å². The van der Waals surface area contributed by atoms with E-state index in [1.165, 1.54) is 0 Å². The maximum absolute atomic E-state index is 13.6. The van der Waals surface area contributed by atoms with Crippen LogP contribution in [0.4, 0.5) is 5.82 Å². The number of aromatic nitrogens is 3. The first-order valence-corrected chi connectivity index (χ1v) is 13.3. The molecule has 0 amide bonds. The Morgan fingerprint density at radius 1 is 0.895 bits per heavy atom. The molecule has 2 heterocycles. The Hall–Kier alpha value is -4.94. The molecule has 0 bridgehead atoms. The van der Waals surface area contributed by atoms with Crippen molar-refractivity contribution >= 4 is 48.8 Å². The van der Waals surface area contributed by atoms with Crippen molar-refractivity contribution in [3.63, 3.8) is 0 Å². The molecule has 0 aliphatic heterocycles. The van der Waals surface area contributed by atoms with Gasteiger partial charge in [-0.2, -0.15) is 5.26 Å². The number of rotatable bonds is 6. The summed E-state index contributed by atoms with van der Waals surface area (Å²) in [6.45, 7) is 0.255. The van der Waals surface area contributed by atoms with Gasteiger partial charge in [-0.05, 0) is 52.7 Å². The third-order valence-corrected chi connectivity index (χ3v) is 7.76. The molecular formula is C29H21N5O3S. The Kier molecular flexibility index (Phi) is 5.66. The van der Waals surface area contributed by atoms with Crippen LogP contribution in [-0.4, -0.2) is 30.1 Å². The highest BCUT2D eigenvalue weighted by molar-refractivity contribution is 7.92. The fourth-order valence-corrected chi connectivity index (χ4v) is 5.61. The molecule has 0 saturated carbocycles. The van der Waals surface area contributed by atoms with Gasteiger partial charge in [-0.3, -0.25) is 4.72 Å². The third kappa shape index (κ3) is 4.07. The molecule has 0 fully saturated rings. The van der Waals surface area contributed by atoms with E-state index in [4.69, 9.17) is 9.72 Å². The van der Waals surface area contributed by atoms with Gasteiger partial charge in [0.2, 0.25) is 0 Å². The Morgan fingerprint density at radius 2 is 1.58 bits per heavy atom. The summed E-state index contributed by atoms with van der Waals surface area (Å²) in [5, 5.41) is 11.9. The number of methoxy groups -OCH3 is 1. The number of fused-ring (bicyclic) bond motifs is 3. The zero-order chi connectivity index (χ0) is 26.3. The van der Waals surface area contributed by atoms with E-state index in [-0.39, 0.29) is 22.8 Å². The summed E-state index contributed by atoms with van der Waals surface area (Å²) in [6.07, 6.45) is 0. The fourth-order valence-electron chi connectivity index (χ4n) is 4.50. The van der Waals surface area contributed by atoms with Gasteiger partial charge in [-0.25, -0.2) is 18.4 Å². The van der Waals surface area contributed by atoms with Crippen LogP contribution < -0.4 is 9.46 Å². The molecule has 8 nitrogen and oxygen atoms in total. The van der Waals surface area contributed by atoms with Gasteiger partial charge in [-0.15, -0.1) is 0 Å². The van der Waals surface area contributed by atoms with Gasteiger partial charge in [0.25, 0.3) is 10.0 Å². The van der Waals surface area contributed by atoms with Gasteiger partial charge >= 0.3 is 0 Å². The van der Waals surface area contributed by atoms with E-state index in [0.717, 1.165) is 16.3 Å². The predicted octanol–water partition coefficient (Wildman–Crippen LogP) is 5.47. The second kappa shape index (κ2) is 9.18. The number of anilines is 1. The molecular weight excluding hydrogens is 498 g/mol. The average molecular weight is 520 g/mol. The summed E-state index contributed by atoms with van der Waals surface area (Å²) in [6, 6.07) is 29.4. The van der Waals surface area contributed by atoms with Crippen molar-refractivity contribution in [2.75, 3.05) is 11.8 Å². The molecule has 1 N–H and O–H groups in total. The summed E-state index contributed by atoms with van der Waals surface area (Å²) in [7, 11) is -2.46. The van der Waals surface area contributed by atoms with Gasteiger partial charge in [0, 0.05) is 0 Å². The first-order chi connectivity index (χ1) is 18.5. The van der Waals surface area contributed by atoms with Crippen molar-refractivity contribution in [1.29, 1.82) is 5.26 Å². The lowest BCUT2D eigenvalue weighted by atomic mass is 10.1. The average Bonchev–Trinajstić information content (AvgIpc) is 3.22. The number of sulfonamides is 1. The molecule has 2 aromatic heterocycles. The van der Waals surface area contributed by atoms with E-state index in [1.807, 2.05) is 72.8 Å². The van der Waals surface area contributed by atoms with Crippen LogP contribution in [0.3, 0.4) is 0 Å². The first kappa shape index (κ1) is 23.5. The van der Waals surface area contributed by atoms with E-state index < -0.39 is 10.0 Å². The Labute approximate surface area is 218 Å². The van der Waals surface area contributed by atoms with Crippen LogP contribution in [0.2, 0.25) is 0 Å². The minimum atomic E-state index is -4.05. The number of benzene rings is 4. The van der Waals surface area contributed by atoms with E-state index in [2.05, 4.69) is 15.8 Å². The number of hydrogen-bond donors (Lipinski definition) is 1. The summed E-state index contributed by atoms with van der Waals surface area (Å²) in [5.41, 5.74) is 2.97. The Morgan fingerprint density at radius 3 is 2.29 bits per heavy atom. The summed E-state index contributed by atoms with van der Waals surface area (Å²) in [4.78, 5) is 9.54. The molecule has 6 rings (SSSR count). The van der Waals surface area contributed by atoms with Crippen LogP contribution in [0.1, 0.15) is 11.1 Å². The highest BCUT2D eigenvalue weighted by Gasteiger charge is 2.25. The highest BCUT2D eigenvalue weighted by Crippen LogP contribution is 2.32. The van der Waals surface area contributed by atoms with E-state index in [0.29, 0.717) is 27.9 Å². The largest absolute Gasteiger partial charge is 0.497 e. The number of ether oxygens (including phenoxy) is 1. The van der Waals surface area contributed by atoms with Gasteiger partial charge < -0.3 is 9.30 Å². The van der Waals surface area contributed by atoms with Crippen molar-refractivity contribution < 1.29 is 13.2 Å². The summed E-state index contributed by atoms with van der Waals surface area (Å²) < 4.78 is 36.9. The molecule has 0 aliphatic rings. The van der Waals surface area contributed by atoms with Gasteiger partial charge in [0.05, 0.1) is 29.6 Å². The van der Waals surface area contributed by atoms with Crippen LogP contribution in [0.5, 0.6) is 5.75 Å². The molecule has 6 aromatic rings. The second-order valence-corrected chi connectivity index (χ2v) is 10.5. The molecule has 0 radical (unpaired) electrons. The van der Waals surface area contributed by atoms with Gasteiger partial charge in [0.1, 0.15) is 28.7 Å². The number of hydrogen-bond acceptors (Lipinski definition) is 6. The van der Waals surface area contributed by atoms with E-state index >= 15 is 0 Å². The standard InChI is InChI=1S/C29H21N5O3S/c1-37-22-13-10-19(11-14-22)18-34-28(24(17-30)27-29(34)32-26-9-5-4-8-25(26)31-27)33-38(35,36)23-15-12-20-6-2-3-7-21(20)16-23/h2-16,33H,18H2,1H3. The maximum atomic E-state index is 13.6. The Balaban J connectivity index is 1.54. The van der Waals surface area contributed by atoms with Crippen molar-refractivity contribution in [3.8, 4) is 11.8 Å². The molecule has 4 aromatic carbocycles. The molecule has 0 saturated heterocycles. The highest BCUT2D eigenvalue weighted by atomic mass is 32.2. The van der Waals surface area contributed by atoms with Crippen LogP contribution in [0.25, 0.3) is 33.0 Å². The molecule has 0 unspecified atom stereocenters. The lowest BCUT2D eigenvalue weighted by molar-refractivity contribution is 0.414. The zero-order valence-electron chi connectivity index (χ0n) is 20.3. The molecule has 0 atom stereocenters. The van der Waals surface area contributed by atoms with Crippen molar-refractivity contribution in [2.45, 2.75) is 11.4 Å². The Bertz CT molecular complexity index is 1990. The summed E-state index contributed by atoms with van der Waals surface area (Å²) in [5.74, 6) is 0.814. The fraction of sp³-hybridized carbons (Fsp3) is 0.0690. The van der Waals surface area contributed by atoms with E-state index in [1.54, 1.807) is 29.9 Å². The number of nitrogens with one attached hydrogen (secondary N) is 1. The van der Waals surface area contributed by atoms with Crippen molar-refractivity contribution in [3.05, 3.63) is 102 Å². The predicted molar refractivity (Wildman–Crippen MR) is 147 cm³/mol. The minimum absolute atomic E-state index is 0.0902. The molecule has 0 aliphatic carbocycles. The van der Waals surface area contributed by atoms with E-state index in [9.17, 15) is 13.7 Å². The maximum Gasteiger partial charge on any atom is 0.263 e. The SMILES string of the molecule is COc1ccc(Cn2c(NS(=O)(=O)c3ccc4ccccc4c3)c(C#N)c3nc4ccccc4nc32)cc1. The smallest absolute Gasteiger partial charge is 0.263 e. The van der Waals surface area contributed by atoms with Gasteiger partial charge in [-0.1, -0.05) is 54.6 Å². The molecule has 38 heavy (non-hydrogen) atoms. The molecule has 9 heteroatoms. The van der Waals surface area contributed by atoms with Crippen molar-refractivity contribution in [2.24, 2.45) is 0 Å². The van der Waals surface area contributed by atoms with Crippen molar-refractivity contribution in [1.82, 2.24) is 14.5 Å². The van der Waals surface area contributed by atoms with Gasteiger partial charge in [0.15, 0.2) is 5.65 Å².